The van der Waals surface area contributed by atoms with E-state index in [0.29, 0.717) is 32.6 Å². The van der Waals surface area contributed by atoms with Crippen molar-refractivity contribution in [3.63, 3.8) is 0 Å². The van der Waals surface area contributed by atoms with Gasteiger partial charge in [0.2, 0.25) is 0 Å². The molecule has 0 bridgehead atoms. The molecular weight excluding hydrogens is 547 g/mol. The normalized spacial score (nSPS) is 17.3. The van der Waals surface area contributed by atoms with E-state index in [1.54, 1.807) is 73.8 Å². The average molecular weight is 573 g/mol. The maximum atomic E-state index is 13.0. The Bertz CT molecular complexity index is 1300. The number of hydrogen-bond acceptors (Lipinski definition) is 6. The molecule has 0 saturated carbocycles. The number of carboxylic acids is 1. The van der Waals surface area contributed by atoms with Crippen LogP contribution in [0, 0.1) is 0 Å². The molecule has 1 fully saturated rings. The number of carboxylic acid groups (broad SMARTS) is 1. The van der Waals surface area contributed by atoms with E-state index in [-0.39, 0.29) is 19.8 Å². The number of ether oxygens (including phenoxy) is 3. The summed E-state index contributed by atoms with van der Waals surface area (Å²) >= 11 is 12.3. The van der Waals surface area contributed by atoms with Gasteiger partial charge in [-0.05, 0) is 42.0 Å². The number of carbonyl (C=O) groups excluding carboxylic acids is 2. The number of halogens is 2. The molecule has 11 heteroatoms. The molecule has 0 aromatic heterocycles. The zero-order valence-corrected chi connectivity index (χ0v) is 22.4. The van der Waals surface area contributed by atoms with Gasteiger partial charge in [0.1, 0.15) is 25.2 Å². The highest BCUT2D eigenvalue weighted by atomic mass is 35.5. The highest BCUT2D eigenvalue weighted by Crippen LogP contribution is 2.26. The molecular formula is C28H26Cl2N2O7. The number of carbonyl (C=O) groups is 3. The highest BCUT2D eigenvalue weighted by molar-refractivity contribution is 6.35. The van der Waals surface area contributed by atoms with Crippen LogP contribution in [-0.2, 0) is 36.9 Å². The smallest absolute Gasteiger partial charge is 0.326 e. The summed E-state index contributed by atoms with van der Waals surface area (Å²) < 4.78 is 16.5. The molecule has 0 spiro atoms. The summed E-state index contributed by atoms with van der Waals surface area (Å²) in [4.78, 5) is 39.2. The van der Waals surface area contributed by atoms with Crippen LogP contribution in [0.1, 0.15) is 11.1 Å². The molecule has 0 radical (unpaired) electrons. The summed E-state index contributed by atoms with van der Waals surface area (Å²) in [6.45, 7) is -0.107. The molecule has 1 aliphatic heterocycles. The minimum Gasteiger partial charge on any atom is -0.489 e. The van der Waals surface area contributed by atoms with Crippen molar-refractivity contribution >= 4 is 46.7 Å². The van der Waals surface area contributed by atoms with Gasteiger partial charge < -0.3 is 29.5 Å². The fourth-order valence-corrected chi connectivity index (χ4v) is 4.49. The molecule has 2 amide bonds. The molecule has 2 N–H and O–H groups in total. The molecule has 3 aromatic rings. The van der Waals surface area contributed by atoms with Gasteiger partial charge in [0.05, 0.1) is 0 Å². The van der Waals surface area contributed by atoms with Crippen molar-refractivity contribution in [2.75, 3.05) is 18.7 Å². The zero-order chi connectivity index (χ0) is 27.9. The van der Waals surface area contributed by atoms with Crippen LogP contribution in [0.25, 0.3) is 0 Å². The summed E-state index contributed by atoms with van der Waals surface area (Å²) in [6.07, 6.45) is -2.51. The van der Waals surface area contributed by atoms with Crippen LogP contribution in [0.2, 0.25) is 10.0 Å². The van der Waals surface area contributed by atoms with Crippen molar-refractivity contribution in [3.8, 4) is 5.75 Å². The fraction of sp³-hybridized carbons (Fsp3) is 0.250. The molecule has 9 nitrogen and oxygen atoms in total. The van der Waals surface area contributed by atoms with E-state index < -0.39 is 36.0 Å². The van der Waals surface area contributed by atoms with Gasteiger partial charge >= 0.3 is 5.97 Å². The van der Waals surface area contributed by atoms with Crippen molar-refractivity contribution in [1.82, 2.24) is 5.32 Å². The third-order valence-electron chi connectivity index (χ3n) is 6.17. The quantitative estimate of drug-likeness (QED) is 0.376. The van der Waals surface area contributed by atoms with Crippen molar-refractivity contribution < 1.29 is 33.7 Å². The second kappa shape index (κ2) is 12.9. The Morgan fingerprint density at radius 2 is 1.62 bits per heavy atom. The summed E-state index contributed by atoms with van der Waals surface area (Å²) in [6, 6.07) is 19.5. The van der Waals surface area contributed by atoms with Crippen molar-refractivity contribution in [1.29, 1.82) is 0 Å². The van der Waals surface area contributed by atoms with E-state index in [0.717, 1.165) is 0 Å². The number of nitrogens with one attached hydrogen (secondary N) is 1. The van der Waals surface area contributed by atoms with Crippen LogP contribution >= 0.6 is 23.2 Å². The minimum absolute atomic E-state index is 0.00615. The molecule has 204 valence electrons. The van der Waals surface area contributed by atoms with Crippen molar-refractivity contribution in [2.24, 2.45) is 0 Å². The van der Waals surface area contributed by atoms with E-state index in [1.807, 2.05) is 6.07 Å². The van der Waals surface area contributed by atoms with E-state index in [4.69, 9.17) is 37.4 Å². The number of rotatable bonds is 10. The zero-order valence-electron chi connectivity index (χ0n) is 20.9. The van der Waals surface area contributed by atoms with E-state index >= 15 is 0 Å². The van der Waals surface area contributed by atoms with Crippen LogP contribution in [-0.4, -0.2) is 55.0 Å². The lowest BCUT2D eigenvalue weighted by atomic mass is 10.0. The number of hydrogen-bond donors (Lipinski definition) is 2. The summed E-state index contributed by atoms with van der Waals surface area (Å²) in [5.74, 6) is -1.94. The number of amides is 2. The number of anilines is 1. The van der Waals surface area contributed by atoms with Crippen molar-refractivity contribution in [3.05, 3.63) is 94.0 Å². The second-order valence-corrected chi connectivity index (χ2v) is 9.58. The third-order valence-corrected chi connectivity index (χ3v) is 6.88. The van der Waals surface area contributed by atoms with Gasteiger partial charge in [-0.2, -0.15) is 0 Å². The first-order valence-electron chi connectivity index (χ1n) is 12.0. The number of para-hydroxylation sites is 1. The van der Waals surface area contributed by atoms with Gasteiger partial charge in [-0.15, -0.1) is 0 Å². The van der Waals surface area contributed by atoms with Gasteiger partial charge in [0.15, 0.2) is 12.2 Å². The minimum atomic E-state index is -1.29. The van der Waals surface area contributed by atoms with Crippen LogP contribution in [0.3, 0.4) is 0 Å². The van der Waals surface area contributed by atoms with Gasteiger partial charge in [-0.3, -0.25) is 9.59 Å². The van der Waals surface area contributed by atoms with E-state index in [1.165, 1.54) is 4.90 Å². The number of likely N-dealkylation sites (N-methyl/N-ethyl adjacent to an activating group) is 1. The number of aliphatic carboxylic acids is 1. The third kappa shape index (κ3) is 7.07. The second-order valence-electron chi connectivity index (χ2n) is 8.76. The molecule has 1 saturated heterocycles. The Labute approximate surface area is 235 Å². The molecule has 1 unspecified atom stereocenters. The first-order chi connectivity index (χ1) is 18.7. The topological polar surface area (TPSA) is 114 Å². The van der Waals surface area contributed by atoms with Crippen molar-refractivity contribution in [2.45, 2.75) is 31.3 Å². The summed E-state index contributed by atoms with van der Waals surface area (Å²) in [5.41, 5.74) is 1.91. The monoisotopic (exact) mass is 572 g/mol. The Kier molecular flexibility index (Phi) is 9.42. The molecule has 3 atom stereocenters. The Morgan fingerprint density at radius 1 is 0.974 bits per heavy atom. The first kappa shape index (κ1) is 28.4. The van der Waals surface area contributed by atoms with Crippen LogP contribution in [0.4, 0.5) is 5.69 Å². The number of nitrogens with zero attached hydrogens (tertiary/aromatic N) is 1. The van der Waals surface area contributed by atoms with E-state index in [9.17, 15) is 19.5 Å². The molecule has 1 aliphatic rings. The first-order valence-corrected chi connectivity index (χ1v) is 12.7. The highest BCUT2D eigenvalue weighted by Gasteiger charge is 2.43. The lowest BCUT2D eigenvalue weighted by Crippen LogP contribution is -2.52. The molecule has 1 heterocycles. The largest absolute Gasteiger partial charge is 0.489 e. The molecule has 0 aliphatic carbocycles. The van der Waals surface area contributed by atoms with Crippen LogP contribution in [0.15, 0.2) is 72.8 Å². The number of benzene rings is 3. The van der Waals surface area contributed by atoms with Gasteiger partial charge in [0.25, 0.3) is 11.8 Å². The SMILES string of the molecule is CN(C(=O)[C@@H]1OCO[C@H]1C(=O)NC(Cc1ccc(OCc2c(Cl)cccc2Cl)cc1)C(=O)O)c1ccccc1. The Hall–Kier alpha value is -3.63. The van der Waals surface area contributed by atoms with Crippen LogP contribution in [0.5, 0.6) is 5.75 Å². The van der Waals surface area contributed by atoms with Gasteiger partial charge in [-0.1, -0.05) is 59.6 Å². The lowest BCUT2D eigenvalue weighted by Gasteiger charge is -2.24. The molecule has 4 rings (SSSR count). The lowest BCUT2D eigenvalue weighted by molar-refractivity contribution is -0.144. The predicted octanol–water partition coefficient (Wildman–Crippen LogP) is 4.09. The van der Waals surface area contributed by atoms with Gasteiger partial charge in [-0.25, -0.2) is 4.79 Å². The van der Waals surface area contributed by atoms with Gasteiger partial charge in [0, 0.05) is 34.8 Å². The maximum Gasteiger partial charge on any atom is 0.326 e. The Morgan fingerprint density at radius 3 is 2.26 bits per heavy atom. The average Bonchev–Trinajstić information content (AvgIpc) is 3.43. The molecule has 3 aromatic carbocycles. The summed E-state index contributed by atoms with van der Waals surface area (Å²) in [7, 11) is 1.56. The maximum absolute atomic E-state index is 13.0. The van der Waals surface area contributed by atoms with Crippen LogP contribution < -0.4 is 15.0 Å². The fourth-order valence-electron chi connectivity index (χ4n) is 3.98. The Balaban J connectivity index is 1.36. The predicted molar refractivity (Wildman–Crippen MR) is 145 cm³/mol. The van der Waals surface area contributed by atoms with E-state index in [2.05, 4.69) is 5.32 Å². The standard InChI is InChI=1S/C28H26Cl2N2O7/c1-32(18-6-3-2-4-7-18)27(34)25-24(38-16-39-25)26(33)31-23(28(35)36)14-17-10-12-19(13-11-17)37-15-20-21(29)8-5-9-22(20)30/h2-13,23-25H,14-16H2,1H3,(H,31,33)(H,35,36)/t23?,24-,25-/m1/s1. The molecule has 39 heavy (non-hydrogen) atoms. The summed E-state index contributed by atoms with van der Waals surface area (Å²) in [5, 5.41) is 13.2.